The molecule has 5 rings (SSSR count). The van der Waals surface area contributed by atoms with Crippen molar-refractivity contribution in [3.05, 3.63) is 64.6 Å². The van der Waals surface area contributed by atoms with Crippen LogP contribution in [0.2, 0.25) is 0 Å². The molecule has 0 radical (unpaired) electrons. The molecule has 2 saturated heterocycles. The number of amides is 1. The number of hydrogen-bond donors (Lipinski definition) is 0. The number of nitriles is 1. The van der Waals surface area contributed by atoms with Crippen LogP contribution in [-0.4, -0.2) is 79.7 Å². The van der Waals surface area contributed by atoms with E-state index in [9.17, 15) is 18.8 Å². The standard InChI is InChI=1S/C23H22F2N8O2/c1-14-17(2-3-19(24)18(14)8-26)21-11-31-4-5-32(10-16(31)12-35-21)22(34)7-15-6-20(25)23(27-9-15)33-13-28-29-30-33/h2-3,6,9,13,16,21H,4-5,7,10-12H2,1H3/t16-,21-/m0/s1. The molecule has 0 spiro atoms. The van der Waals surface area contributed by atoms with Gasteiger partial charge in [-0.3, -0.25) is 9.69 Å². The van der Waals surface area contributed by atoms with Crippen LogP contribution in [0.1, 0.15) is 28.4 Å². The number of nitrogens with zero attached hydrogens (tertiary/aromatic N) is 8. The van der Waals surface area contributed by atoms with E-state index in [0.717, 1.165) is 10.2 Å². The van der Waals surface area contributed by atoms with Gasteiger partial charge in [0.15, 0.2) is 11.6 Å². The fraction of sp³-hybridized carbons (Fsp3) is 0.391. The second kappa shape index (κ2) is 9.44. The Morgan fingerprint density at radius 3 is 2.86 bits per heavy atom. The van der Waals surface area contributed by atoms with Gasteiger partial charge in [0.2, 0.25) is 5.91 Å². The number of carbonyl (C=O) groups is 1. The summed E-state index contributed by atoms with van der Waals surface area (Å²) in [6.07, 6.45) is 2.45. The molecule has 0 N–H and O–H groups in total. The number of fused-ring (bicyclic) bond motifs is 1. The van der Waals surface area contributed by atoms with E-state index in [-0.39, 0.29) is 35.9 Å². The Morgan fingerprint density at radius 1 is 1.26 bits per heavy atom. The third kappa shape index (κ3) is 4.48. The van der Waals surface area contributed by atoms with Crippen molar-refractivity contribution in [2.45, 2.75) is 25.5 Å². The zero-order valence-electron chi connectivity index (χ0n) is 18.9. The molecule has 12 heteroatoms. The quantitative estimate of drug-likeness (QED) is 0.550. The number of rotatable bonds is 4. The van der Waals surface area contributed by atoms with Crippen LogP contribution >= 0.6 is 0 Å². The molecule has 0 bridgehead atoms. The number of carbonyl (C=O) groups excluding carboxylic acids is 1. The smallest absolute Gasteiger partial charge is 0.227 e. The van der Waals surface area contributed by atoms with Gasteiger partial charge in [-0.25, -0.2) is 13.8 Å². The van der Waals surface area contributed by atoms with Crippen LogP contribution in [0, 0.1) is 29.9 Å². The Hall–Kier alpha value is -3.82. The Kier molecular flexibility index (Phi) is 6.19. The van der Waals surface area contributed by atoms with Gasteiger partial charge in [-0.2, -0.15) is 9.94 Å². The highest BCUT2D eigenvalue weighted by Gasteiger charge is 2.36. The molecule has 1 aromatic carbocycles. The summed E-state index contributed by atoms with van der Waals surface area (Å²) in [6, 6.07) is 6.20. The molecular weight excluding hydrogens is 458 g/mol. The molecule has 0 aliphatic carbocycles. The molecule has 2 fully saturated rings. The normalized spacial score (nSPS) is 20.3. The van der Waals surface area contributed by atoms with Crippen molar-refractivity contribution in [1.82, 2.24) is 35.0 Å². The highest BCUT2D eigenvalue weighted by Crippen LogP contribution is 2.31. The van der Waals surface area contributed by atoms with Gasteiger partial charge in [0, 0.05) is 32.4 Å². The molecule has 4 heterocycles. The van der Waals surface area contributed by atoms with Crippen molar-refractivity contribution in [3.8, 4) is 11.9 Å². The lowest BCUT2D eigenvalue weighted by atomic mass is 9.96. The highest BCUT2D eigenvalue weighted by molar-refractivity contribution is 5.79. The van der Waals surface area contributed by atoms with Gasteiger partial charge in [0.1, 0.15) is 18.2 Å². The largest absolute Gasteiger partial charge is 0.370 e. The number of tetrazole rings is 1. The Labute approximate surface area is 199 Å². The van der Waals surface area contributed by atoms with Crippen molar-refractivity contribution in [2.24, 2.45) is 0 Å². The minimum Gasteiger partial charge on any atom is -0.370 e. The van der Waals surface area contributed by atoms with Gasteiger partial charge in [-0.15, -0.1) is 5.10 Å². The molecule has 10 nitrogen and oxygen atoms in total. The molecule has 0 saturated carbocycles. The molecule has 180 valence electrons. The molecule has 35 heavy (non-hydrogen) atoms. The number of benzene rings is 1. The fourth-order valence-corrected chi connectivity index (χ4v) is 4.66. The first kappa shape index (κ1) is 22.9. The second-order valence-electron chi connectivity index (χ2n) is 8.64. The minimum atomic E-state index is -0.616. The Bertz CT molecular complexity index is 1290. The summed E-state index contributed by atoms with van der Waals surface area (Å²) in [6.45, 7) is 4.42. The van der Waals surface area contributed by atoms with E-state index in [1.165, 1.54) is 24.7 Å². The van der Waals surface area contributed by atoms with E-state index in [0.29, 0.717) is 43.9 Å². The Morgan fingerprint density at radius 2 is 2.11 bits per heavy atom. The highest BCUT2D eigenvalue weighted by atomic mass is 19.1. The SMILES string of the molecule is Cc1c([C@@H]2CN3CCN(C(=O)Cc4cnc(-n5cnnn5)c(F)c4)C[C@H]3CO2)ccc(F)c1C#N. The average molecular weight is 480 g/mol. The number of aromatic nitrogens is 5. The topological polar surface area (TPSA) is 113 Å². The van der Waals surface area contributed by atoms with Crippen molar-refractivity contribution < 1.29 is 18.3 Å². The van der Waals surface area contributed by atoms with Gasteiger partial charge >= 0.3 is 0 Å². The number of pyridine rings is 1. The number of halogens is 2. The third-order valence-corrected chi connectivity index (χ3v) is 6.56. The van der Waals surface area contributed by atoms with E-state index in [2.05, 4.69) is 25.4 Å². The van der Waals surface area contributed by atoms with Crippen molar-refractivity contribution in [1.29, 1.82) is 5.26 Å². The molecule has 0 unspecified atom stereocenters. The van der Waals surface area contributed by atoms with Crippen LogP contribution in [0.25, 0.3) is 5.82 Å². The van der Waals surface area contributed by atoms with Crippen LogP contribution in [0.5, 0.6) is 0 Å². The zero-order valence-corrected chi connectivity index (χ0v) is 18.9. The predicted octanol–water partition coefficient (Wildman–Crippen LogP) is 1.34. The fourth-order valence-electron chi connectivity index (χ4n) is 4.66. The van der Waals surface area contributed by atoms with E-state index >= 15 is 0 Å². The average Bonchev–Trinajstić information content (AvgIpc) is 3.38. The first-order valence-corrected chi connectivity index (χ1v) is 11.1. The molecule has 2 aliphatic heterocycles. The maximum atomic E-state index is 14.4. The van der Waals surface area contributed by atoms with Gasteiger partial charge in [-0.1, -0.05) is 6.07 Å². The number of ether oxygens (including phenoxy) is 1. The summed E-state index contributed by atoms with van der Waals surface area (Å²) >= 11 is 0. The van der Waals surface area contributed by atoms with E-state index in [4.69, 9.17) is 4.74 Å². The second-order valence-corrected chi connectivity index (χ2v) is 8.64. The lowest BCUT2D eigenvalue weighted by molar-refractivity contribution is -0.139. The molecule has 3 aromatic rings. The molecule has 2 atom stereocenters. The van der Waals surface area contributed by atoms with E-state index < -0.39 is 11.6 Å². The van der Waals surface area contributed by atoms with Crippen LogP contribution in [0.4, 0.5) is 8.78 Å². The lowest BCUT2D eigenvalue weighted by Gasteiger charge is -2.46. The third-order valence-electron chi connectivity index (χ3n) is 6.56. The number of hydrogen-bond acceptors (Lipinski definition) is 8. The predicted molar refractivity (Wildman–Crippen MR) is 117 cm³/mol. The summed E-state index contributed by atoms with van der Waals surface area (Å²) in [5.74, 6) is -1.30. The summed E-state index contributed by atoms with van der Waals surface area (Å²) in [7, 11) is 0. The molecular formula is C23H22F2N8O2. The first-order chi connectivity index (χ1) is 16.9. The lowest BCUT2D eigenvalue weighted by Crippen LogP contribution is -2.59. The summed E-state index contributed by atoms with van der Waals surface area (Å²) in [5.41, 5.74) is 1.91. The van der Waals surface area contributed by atoms with Crippen molar-refractivity contribution >= 4 is 5.91 Å². The first-order valence-electron chi connectivity index (χ1n) is 11.1. The van der Waals surface area contributed by atoms with Gasteiger partial charge in [0.05, 0.1) is 30.7 Å². The van der Waals surface area contributed by atoms with E-state index in [1.54, 1.807) is 17.9 Å². The van der Waals surface area contributed by atoms with Crippen LogP contribution in [-0.2, 0) is 16.0 Å². The summed E-state index contributed by atoms with van der Waals surface area (Å²) in [4.78, 5) is 21.0. The van der Waals surface area contributed by atoms with Crippen LogP contribution in [0.3, 0.4) is 0 Å². The van der Waals surface area contributed by atoms with E-state index in [1.807, 2.05) is 6.07 Å². The zero-order chi connectivity index (χ0) is 24.5. The monoisotopic (exact) mass is 480 g/mol. The van der Waals surface area contributed by atoms with Crippen molar-refractivity contribution in [2.75, 3.05) is 32.8 Å². The number of morpholine rings is 1. The summed E-state index contributed by atoms with van der Waals surface area (Å²) < 4.78 is 35.5. The minimum absolute atomic E-state index is 0.0252. The number of piperazine rings is 1. The maximum absolute atomic E-state index is 14.4. The molecule has 1 amide bonds. The molecule has 2 aromatic heterocycles. The van der Waals surface area contributed by atoms with Gasteiger partial charge in [0.25, 0.3) is 0 Å². The summed E-state index contributed by atoms with van der Waals surface area (Å²) in [5, 5.41) is 19.8. The van der Waals surface area contributed by atoms with Crippen LogP contribution < -0.4 is 0 Å². The van der Waals surface area contributed by atoms with Gasteiger partial charge in [-0.05, 0) is 46.2 Å². The Balaban J connectivity index is 1.21. The van der Waals surface area contributed by atoms with Gasteiger partial charge < -0.3 is 9.64 Å². The van der Waals surface area contributed by atoms with Crippen LogP contribution in [0.15, 0.2) is 30.7 Å². The van der Waals surface area contributed by atoms with Crippen molar-refractivity contribution in [3.63, 3.8) is 0 Å². The molecule has 2 aliphatic rings. The maximum Gasteiger partial charge on any atom is 0.227 e.